The van der Waals surface area contributed by atoms with E-state index in [-0.39, 0.29) is 0 Å². The van der Waals surface area contributed by atoms with Crippen molar-refractivity contribution in [1.82, 2.24) is 9.97 Å². The van der Waals surface area contributed by atoms with E-state index in [1.165, 1.54) is 18.4 Å². The summed E-state index contributed by atoms with van der Waals surface area (Å²) in [5.41, 5.74) is 5.20. The first-order valence-corrected chi connectivity index (χ1v) is 13.5. The molecule has 1 aliphatic rings. The van der Waals surface area contributed by atoms with Crippen molar-refractivity contribution >= 4 is 45.2 Å². The predicted molar refractivity (Wildman–Crippen MR) is 147 cm³/mol. The molecule has 0 aliphatic heterocycles. The van der Waals surface area contributed by atoms with Crippen LogP contribution in [0.3, 0.4) is 0 Å². The largest absolute Gasteiger partial charge is 0.465 e. The van der Waals surface area contributed by atoms with Gasteiger partial charge in [0.05, 0.1) is 29.3 Å². The number of H-pyrrole nitrogens is 1. The van der Waals surface area contributed by atoms with Gasteiger partial charge in [-0.15, -0.1) is 11.3 Å². The van der Waals surface area contributed by atoms with Crippen LogP contribution in [0.25, 0.3) is 22.4 Å². The molecule has 0 fully saturated rings. The zero-order valence-corrected chi connectivity index (χ0v) is 22.2. The van der Waals surface area contributed by atoms with E-state index in [2.05, 4.69) is 15.3 Å². The van der Waals surface area contributed by atoms with Crippen LogP contribution in [0.2, 0.25) is 0 Å². The average Bonchev–Trinajstić information content (AvgIpc) is 3.47. The number of aromatic nitrogens is 2. The molecule has 9 heteroatoms. The smallest absolute Gasteiger partial charge is 0.341 e. The molecule has 2 aromatic heterocycles. The third kappa shape index (κ3) is 5.47. The molecule has 2 aromatic carbocycles. The predicted octanol–water partition coefficient (Wildman–Crippen LogP) is 5.84. The monoisotopic (exact) mass is 531 g/mol. The number of fused-ring (bicyclic) bond motifs is 2. The lowest BCUT2D eigenvalue weighted by atomic mass is 9.96. The fraction of sp³-hybridized carbons (Fsp3) is 0.310. The lowest BCUT2D eigenvalue weighted by molar-refractivity contribution is -0.119. The molecule has 0 saturated heterocycles. The minimum atomic E-state index is -0.625. The van der Waals surface area contributed by atoms with Gasteiger partial charge in [0.15, 0.2) is 6.61 Å². The topological polar surface area (TPSA) is 110 Å². The maximum Gasteiger partial charge on any atom is 0.341 e. The van der Waals surface area contributed by atoms with Crippen LogP contribution < -0.4 is 5.32 Å². The Morgan fingerprint density at radius 2 is 1.76 bits per heavy atom. The number of carbonyl (C=O) groups is 3. The first-order chi connectivity index (χ1) is 18.4. The fourth-order valence-electron chi connectivity index (χ4n) is 4.69. The molecule has 0 atom stereocenters. The van der Waals surface area contributed by atoms with Gasteiger partial charge in [0, 0.05) is 10.4 Å². The van der Waals surface area contributed by atoms with Crippen LogP contribution in [-0.2, 0) is 27.1 Å². The Kier molecular flexibility index (Phi) is 7.55. The van der Waals surface area contributed by atoms with Crippen molar-refractivity contribution in [3.8, 4) is 11.4 Å². The van der Waals surface area contributed by atoms with Crippen LogP contribution in [0, 0.1) is 6.92 Å². The van der Waals surface area contributed by atoms with Crippen LogP contribution in [0.15, 0.2) is 42.5 Å². The van der Waals surface area contributed by atoms with E-state index < -0.39 is 24.5 Å². The van der Waals surface area contributed by atoms with Crippen LogP contribution in [0.1, 0.15) is 62.4 Å². The number of anilines is 1. The number of aryl methyl sites for hydroxylation is 2. The molecule has 0 radical (unpaired) electrons. The maximum atomic E-state index is 12.7. The molecule has 4 aromatic rings. The summed E-state index contributed by atoms with van der Waals surface area (Å²) in [6, 6.07) is 13.0. The molecule has 196 valence electrons. The highest BCUT2D eigenvalue weighted by molar-refractivity contribution is 7.17. The molecule has 0 bridgehead atoms. The maximum absolute atomic E-state index is 12.7. The third-order valence-electron chi connectivity index (χ3n) is 6.69. The molecule has 0 unspecified atom stereocenters. The normalized spacial score (nSPS) is 13.3. The van der Waals surface area contributed by atoms with Gasteiger partial charge >= 0.3 is 11.9 Å². The van der Waals surface area contributed by atoms with Crippen molar-refractivity contribution < 1.29 is 23.9 Å². The number of rotatable bonds is 6. The molecule has 1 aliphatic carbocycles. The molecule has 5 rings (SSSR count). The average molecular weight is 532 g/mol. The van der Waals surface area contributed by atoms with Gasteiger partial charge in [-0.05, 0) is 56.4 Å². The second-order valence-electron chi connectivity index (χ2n) is 9.42. The summed E-state index contributed by atoms with van der Waals surface area (Å²) in [5.74, 6) is -0.897. The number of hydrogen-bond donors (Lipinski definition) is 2. The van der Waals surface area contributed by atoms with Crippen LogP contribution >= 0.6 is 11.3 Å². The lowest BCUT2D eigenvalue weighted by Crippen LogP contribution is -2.21. The first-order valence-electron chi connectivity index (χ1n) is 12.7. The Hall–Kier alpha value is -3.98. The number of hydrogen-bond acceptors (Lipinski definition) is 7. The summed E-state index contributed by atoms with van der Waals surface area (Å²) < 4.78 is 10.3. The van der Waals surface area contributed by atoms with Gasteiger partial charge in [-0.25, -0.2) is 14.6 Å². The summed E-state index contributed by atoms with van der Waals surface area (Å²) in [5, 5.41) is 3.22. The number of methoxy groups -OCH3 is 1. The number of aromatic amines is 1. The standard InChI is InChI=1S/C29H29N3O5S/c1-17-9-11-18(12-10-17)26-30-21-14-13-19(15-22(21)31-26)28(34)37-16-24(33)32-27-25(29(35)36-2)20-7-5-3-4-6-8-23(20)38-27/h9-15H,3-8,16H2,1-2H3,(H,30,31)(H,32,33). The highest BCUT2D eigenvalue weighted by Gasteiger charge is 2.26. The number of carbonyl (C=O) groups excluding carboxylic acids is 3. The van der Waals surface area contributed by atoms with E-state index in [9.17, 15) is 14.4 Å². The van der Waals surface area contributed by atoms with Crippen molar-refractivity contribution in [2.24, 2.45) is 0 Å². The second-order valence-corrected chi connectivity index (χ2v) is 10.5. The molecular weight excluding hydrogens is 502 g/mol. The highest BCUT2D eigenvalue weighted by Crippen LogP contribution is 2.37. The van der Waals surface area contributed by atoms with Gasteiger partial charge in [0.25, 0.3) is 5.91 Å². The van der Waals surface area contributed by atoms with Gasteiger partial charge in [0.1, 0.15) is 10.8 Å². The number of amides is 1. The summed E-state index contributed by atoms with van der Waals surface area (Å²) in [4.78, 5) is 46.9. The van der Waals surface area contributed by atoms with E-state index >= 15 is 0 Å². The minimum Gasteiger partial charge on any atom is -0.465 e. The van der Waals surface area contributed by atoms with Crippen LogP contribution in [0.4, 0.5) is 5.00 Å². The quantitative estimate of drug-likeness (QED) is 0.303. The Labute approximate surface area is 224 Å². The van der Waals surface area contributed by atoms with E-state index in [0.717, 1.165) is 65.6 Å². The first kappa shape index (κ1) is 25.7. The van der Waals surface area contributed by atoms with Crippen molar-refractivity contribution in [2.45, 2.75) is 45.4 Å². The van der Waals surface area contributed by atoms with Gasteiger partial charge in [-0.2, -0.15) is 0 Å². The number of benzene rings is 2. The number of esters is 2. The number of nitrogens with zero attached hydrogens (tertiary/aromatic N) is 1. The Bertz CT molecular complexity index is 1500. The molecular formula is C29H29N3O5S. The lowest BCUT2D eigenvalue weighted by Gasteiger charge is -2.11. The van der Waals surface area contributed by atoms with Crippen molar-refractivity contribution in [1.29, 1.82) is 0 Å². The van der Waals surface area contributed by atoms with Gasteiger partial charge in [-0.1, -0.05) is 42.7 Å². The molecule has 2 heterocycles. The third-order valence-corrected chi connectivity index (χ3v) is 7.90. The summed E-state index contributed by atoms with van der Waals surface area (Å²) >= 11 is 1.41. The number of imidazole rings is 1. The van der Waals surface area contributed by atoms with E-state index in [1.54, 1.807) is 18.2 Å². The SMILES string of the molecule is COC(=O)c1c(NC(=O)COC(=O)c2ccc3nc(-c4ccc(C)cc4)[nH]c3c2)sc2c1CCCCCC2. The molecule has 1 amide bonds. The van der Waals surface area contributed by atoms with E-state index in [4.69, 9.17) is 9.47 Å². The number of thiophene rings is 1. The van der Waals surface area contributed by atoms with Crippen molar-refractivity contribution in [2.75, 3.05) is 19.0 Å². The Balaban J connectivity index is 1.26. The van der Waals surface area contributed by atoms with Crippen LogP contribution in [-0.4, -0.2) is 41.5 Å². The molecule has 0 spiro atoms. The van der Waals surface area contributed by atoms with E-state index in [0.29, 0.717) is 27.5 Å². The molecule has 8 nitrogen and oxygen atoms in total. The fourth-order valence-corrected chi connectivity index (χ4v) is 5.98. The second kappa shape index (κ2) is 11.2. The zero-order chi connectivity index (χ0) is 26.6. The molecule has 2 N–H and O–H groups in total. The highest BCUT2D eigenvalue weighted by atomic mass is 32.1. The minimum absolute atomic E-state index is 0.304. The van der Waals surface area contributed by atoms with Gasteiger partial charge in [-0.3, -0.25) is 4.79 Å². The molecule has 0 saturated carbocycles. The Morgan fingerprint density at radius 1 is 1.00 bits per heavy atom. The summed E-state index contributed by atoms with van der Waals surface area (Å²) in [6.45, 7) is 1.55. The Morgan fingerprint density at radius 3 is 2.53 bits per heavy atom. The van der Waals surface area contributed by atoms with Gasteiger partial charge in [0.2, 0.25) is 0 Å². The van der Waals surface area contributed by atoms with Crippen molar-refractivity contribution in [3.63, 3.8) is 0 Å². The van der Waals surface area contributed by atoms with E-state index in [1.807, 2.05) is 31.2 Å². The summed E-state index contributed by atoms with van der Waals surface area (Å²) in [7, 11) is 1.34. The molecule has 38 heavy (non-hydrogen) atoms. The summed E-state index contributed by atoms with van der Waals surface area (Å²) in [6.07, 6.45) is 5.96. The van der Waals surface area contributed by atoms with Crippen molar-refractivity contribution in [3.05, 3.63) is 69.6 Å². The zero-order valence-electron chi connectivity index (χ0n) is 21.4. The number of nitrogens with one attached hydrogen (secondary N) is 2. The number of ether oxygens (including phenoxy) is 2. The van der Waals surface area contributed by atoms with Gasteiger partial charge < -0.3 is 19.8 Å². The van der Waals surface area contributed by atoms with Crippen LogP contribution in [0.5, 0.6) is 0 Å².